The SMILES string of the molecule is CN(C)c1ccc(C(Cl)Cl)cc1[N+](=O)[O-]. The van der Waals surface area contributed by atoms with Crippen LogP contribution in [0.1, 0.15) is 10.4 Å². The standard InChI is InChI=1S/C9H10Cl2N2O2/c1-12(2)7-4-3-6(9(10)11)5-8(7)13(14)15/h3-5,9H,1-2H3. The molecule has 0 saturated heterocycles. The summed E-state index contributed by atoms with van der Waals surface area (Å²) in [6.07, 6.45) is 0. The summed E-state index contributed by atoms with van der Waals surface area (Å²) in [5.74, 6) is 0. The maximum Gasteiger partial charge on any atom is 0.292 e. The average Bonchev–Trinajstić information content (AvgIpc) is 2.16. The number of nitro groups is 1. The molecule has 0 heterocycles. The van der Waals surface area contributed by atoms with Crippen LogP contribution in [0.2, 0.25) is 0 Å². The number of benzene rings is 1. The lowest BCUT2D eigenvalue weighted by molar-refractivity contribution is -0.384. The van der Waals surface area contributed by atoms with Crippen molar-refractivity contribution in [3.63, 3.8) is 0 Å². The second kappa shape index (κ2) is 4.68. The fraction of sp³-hybridized carbons (Fsp3) is 0.333. The number of hydrogen-bond acceptors (Lipinski definition) is 3. The molecular weight excluding hydrogens is 239 g/mol. The van der Waals surface area contributed by atoms with E-state index < -0.39 is 9.76 Å². The van der Waals surface area contributed by atoms with Crippen molar-refractivity contribution in [1.82, 2.24) is 0 Å². The summed E-state index contributed by atoms with van der Waals surface area (Å²) in [5.41, 5.74) is 1.05. The molecule has 0 aliphatic carbocycles. The maximum atomic E-state index is 10.8. The number of nitro benzene ring substituents is 1. The van der Waals surface area contributed by atoms with E-state index in [1.807, 2.05) is 0 Å². The van der Waals surface area contributed by atoms with Gasteiger partial charge in [0.1, 0.15) is 10.5 Å². The first kappa shape index (κ1) is 12.1. The van der Waals surface area contributed by atoms with E-state index in [-0.39, 0.29) is 5.69 Å². The Kier molecular flexibility index (Phi) is 3.77. The summed E-state index contributed by atoms with van der Waals surface area (Å²) in [5, 5.41) is 10.8. The van der Waals surface area contributed by atoms with Crippen LogP contribution in [-0.2, 0) is 0 Å². The molecule has 0 aliphatic rings. The van der Waals surface area contributed by atoms with Gasteiger partial charge in [0.15, 0.2) is 0 Å². The minimum atomic E-state index is -0.750. The van der Waals surface area contributed by atoms with Crippen LogP contribution in [-0.4, -0.2) is 19.0 Å². The molecule has 82 valence electrons. The molecule has 0 saturated carbocycles. The molecule has 0 spiro atoms. The zero-order chi connectivity index (χ0) is 11.6. The summed E-state index contributed by atoms with van der Waals surface area (Å²) in [7, 11) is 3.47. The number of nitrogens with zero attached hydrogens (tertiary/aromatic N) is 2. The van der Waals surface area contributed by atoms with E-state index in [0.29, 0.717) is 11.3 Å². The predicted octanol–water partition coefficient (Wildman–Crippen LogP) is 3.14. The summed E-state index contributed by atoms with van der Waals surface area (Å²) in [6.45, 7) is 0. The highest BCUT2D eigenvalue weighted by Gasteiger charge is 2.17. The molecule has 0 amide bonds. The predicted molar refractivity (Wildman–Crippen MR) is 61.9 cm³/mol. The van der Waals surface area contributed by atoms with Crippen molar-refractivity contribution in [2.45, 2.75) is 4.84 Å². The number of halogens is 2. The molecule has 0 aromatic heterocycles. The zero-order valence-corrected chi connectivity index (χ0v) is 9.79. The minimum Gasteiger partial charge on any atom is -0.372 e. The van der Waals surface area contributed by atoms with Crippen molar-refractivity contribution < 1.29 is 4.92 Å². The van der Waals surface area contributed by atoms with Gasteiger partial charge in [0.2, 0.25) is 0 Å². The fourth-order valence-electron chi connectivity index (χ4n) is 1.20. The summed E-state index contributed by atoms with van der Waals surface area (Å²) >= 11 is 11.3. The second-order valence-electron chi connectivity index (χ2n) is 3.20. The van der Waals surface area contributed by atoms with Crippen LogP contribution in [0.4, 0.5) is 11.4 Å². The normalized spacial score (nSPS) is 10.5. The van der Waals surface area contributed by atoms with Gasteiger partial charge in [-0.05, 0) is 11.6 Å². The lowest BCUT2D eigenvalue weighted by Gasteiger charge is -2.13. The number of hydrogen-bond donors (Lipinski definition) is 0. The van der Waals surface area contributed by atoms with E-state index in [0.717, 1.165) is 0 Å². The molecule has 0 bridgehead atoms. The lowest BCUT2D eigenvalue weighted by Crippen LogP contribution is -2.11. The van der Waals surface area contributed by atoms with Gasteiger partial charge in [-0.25, -0.2) is 0 Å². The van der Waals surface area contributed by atoms with Crippen LogP contribution >= 0.6 is 23.2 Å². The molecule has 15 heavy (non-hydrogen) atoms. The van der Waals surface area contributed by atoms with Gasteiger partial charge in [0.25, 0.3) is 5.69 Å². The topological polar surface area (TPSA) is 46.4 Å². The Morgan fingerprint density at radius 2 is 2.00 bits per heavy atom. The van der Waals surface area contributed by atoms with Crippen LogP contribution in [0.25, 0.3) is 0 Å². The molecule has 0 unspecified atom stereocenters. The first-order valence-electron chi connectivity index (χ1n) is 4.17. The summed E-state index contributed by atoms with van der Waals surface area (Å²) < 4.78 is 0. The second-order valence-corrected chi connectivity index (χ2v) is 4.30. The van der Waals surface area contributed by atoms with Crippen molar-refractivity contribution >= 4 is 34.6 Å². The Hall–Kier alpha value is -1.00. The molecule has 1 aromatic rings. The van der Waals surface area contributed by atoms with E-state index in [9.17, 15) is 10.1 Å². The molecule has 4 nitrogen and oxygen atoms in total. The highest BCUT2D eigenvalue weighted by atomic mass is 35.5. The summed E-state index contributed by atoms with van der Waals surface area (Å²) in [6, 6.07) is 4.69. The van der Waals surface area contributed by atoms with Gasteiger partial charge in [0.05, 0.1) is 4.92 Å². The smallest absolute Gasteiger partial charge is 0.292 e. The monoisotopic (exact) mass is 248 g/mol. The fourth-order valence-corrected chi connectivity index (χ4v) is 1.47. The number of rotatable bonds is 3. The molecule has 0 atom stereocenters. The zero-order valence-electron chi connectivity index (χ0n) is 8.28. The molecule has 0 aliphatic heterocycles. The van der Waals surface area contributed by atoms with E-state index in [2.05, 4.69) is 0 Å². The molecule has 1 aromatic carbocycles. The average molecular weight is 249 g/mol. The van der Waals surface area contributed by atoms with Crippen molar-refractivity contribution in [3.05, 3.63) is 33.9 Å². The Morgan fingerprint density at radius 3 is 2.40 bits per heavy atom. The molecule has 0 fully saturated rings. The van der Waals surface area contributed by atoms with Gasteiger partial charge < -0.3 is 4.90 Å². The van der Waals surface area contributed by atoms with Crippen LogP contribution < -0.4 is 4.90 Å². The number of alkyl halides is 2. The van der Waals surface area contributed by atoms with Gasteiger partial charge in [0, 0.05) is 20.2 Å². The Bertz CT molecular complexity index is 380. The van der Waals surface area contributed by atoms with E-state index in [4.69, 9.17) is 23.2 Å². The van der Waals surface area contributed by atoms with Crippen molar-refractivity contribution in [2.75, 3.05) is 19.0 Å². The van der Waals surface area contributed by atoms with Crippen LogP contribution in [0.5, 0.6) is 0 Å². The molecule has 1 rings (SSSR count). The maximum absolute atomic E-state index is 10.8. The van der Waals surface area contributed by atoms with Crippen molar-refractivity contribution in [2.24, 2.45) is 0 Å². The molecule has 0 N–H and O–H groups in total. The first-order valence-corrected chi connectivity index (χ1v) is 5.04. The van der Waals surface area contributed by atoms with Gasteiger partial charge in [-0.3, -0.25) is 10.1 Å². The van der Waals surface area contributed by atoms with Gasteiger partial charge in [-0.2, -0.15) is 0 Å². The quantitative estimate of drug-likeness (QED) is 0.469. The highest BCUT2D eigenvalue weighted by molar-refractivity contribution is 6.44. The van der Waals surface area contributed by atoms with Gasteiger partial charge >= 0.3 is 0 Å². The Morgan fingerprint density at radius 1 is 1.40 bits per heavy atom. The third-order valence-corrected chi connectivity index (χ3v) is 2.43. The Labute approximate surface area is 97.5 Å². The number of anilines is 1. The van der Waals surface area contributed by atoms with Crippen LogP contribution in [0.15, 0.2) is 18.2 Å². The highest BCUT2D eigenvalue weighted by Crippen LogP contribution is 2.33. The third-order valence-electron chi connectivity index (χ3n) is 1.93. The third kappa shape index (κ3) is 2.73. The van der Waals surface area contributed by atoms with E-state index in [1.165, 1.54) is 6.07 Å². The van der Waals surface area contributed by atoms with Crippen molar-refractivity contribution in [1.29, 1.82) is 0 Å². The van der Waals surface area contributed by atoms with E-state index in [1.54, 1.807) is 31.1 Å². The summed E-state index contributed by atoms with van der Waals surface area (Å²) in [4.78, 5) is 11.3. The van der Waals surface area contributed by atoms with Gasteiger partial charge in [-0.1, -0.05) is 6.07 Å². The largest absolute Gasteiger partial charge is 0.372 e. The lowest BCUT2D eigenvalue weighted by atomic mass is 10.2. The van der Waals surface area contributed by atoms with Crippen LogP contribution in [0.3, 0.4) is 0 Å². The van der Waals surface area contributed by atoms with Crippen molar-refractivity contribution in [3.8, 4) is 0 Å². The van der Waals surface area contributed by atoms with Crippen LogP contribution in [0, 0.1) is 10.1 Å². The van der Waals surface area contributed by atoms with E-state index >= 15 is 0 Å². The Balaban J connectivity index is 3.27. The molecule has 6 heteroatoms. The first-order chi connectivity index (χ1) is 6.93. The molecular formula is C9H10Cl2N2O2. The minimum absolute atomic E-state index is 0.00352. The molecule has 0 radical (unpaired) electrons. The van der Waals surface area contributed by atoms with Gasteiger partial charge in [-0.15, -0.1) is 23.2 Å².